The molecule has 0 aromatic rings. The van der Waals surface area contributed by atoms with Gasteiger partial charge in [0, 0.05) is 12.8 Å². The third-order valence-electron chi connectivity index (χ3n) is 14.2. The molecule has 6 heteroatoms. The first-order valence-electron chi connectivity index (χ1n) is 30.6. The lowest BCUT2D eigenvalue weighted by molar-refractivity contribution is -0.143. The molecule has 6 nitrogen and oxygen atoms in total. The Morgan fingerprint density at radius 2 is 0.691 bits per heavy atom. The second-order valence-electron chi connectivity index (χ2n) is 21.0. The van der Waals surface area contributed by atoms with Crippen LogP contribution in [0.3, 0.4) is 0 Å². The van der Waals surface area contributed by atoms with Crippen molar-refractivity contribution in [1.82, 2.24) is 5.32 Å². The molecule has 0 rings (SSSR count). The number of ether oxygens (including phenoxy) is 1. The minimum atomic E-state index is -0.851. The molecule has 402 valence electrons. The van der Waals surface area contributed by atoms with Crippen molar-refractivity contribution in [1.29, 1.82) is 0 Å². The maximum absolute atomic E-state index is 12.5. The van der Waals surface area contributed by atoms with Gasteiger partial charge in [0.15, 0.2) is 0 Å². The number of esters is 1. The first kappa shape index (κ1) is 66.3. The van der Waals surface area contributed by atoms with E-state index in [4.69, 9.17) is 4.74 Å². The molecule has 0 saturated carbocycles. The van der Waals surface area contributed by atoms with Gasteiger partial charge in [0.05, 0.1) is 25.4 Å². The van der Waals surface area contributed by atoms with E-state index in [0.29, 0.717) is 19.4 Å². The maximum atomic E-state index is 12.5. The van der Waals surface area contributed by atoms with Crippen LogP contribution in [0.25, 0.3) is 0 Å². The standard InChI is InChI=1S/C62H119NO5/c1-3-5-7-9-11-13-15-17-18-19-20-22-25-28-31-34-38-42-46-50-54-60(65)59(58-64)63-61(66)55-51-47-43-39-35-32-29-26-23-21-24-27-30-33-37-41-45-49-53-57-68-62(67)56-52-48-44-40-36-16-14-12-10-8-6-4-2/h21,23,50,54,59-60,64-65H,3-20,22,24-49,51-53,55-58H2,1-2H3,(H,63,66)/b23-21-,54-50+. The Hall–Kier alpha value is -1.66. The lowest BCUT2D eigenvalue weighted by atomic mass is 10.0. The van der Waals surface area contributed by atoms with E-state index in [9.17, 15) is 19.8 Å². The first-order chi connectivity index (χ1) is 33.5. The Bertz CT molecular complexity index is 1060. The Balaban J connectivity index is 3.47. The van der Waals surface area contributed by atoms with Gasteiger partial charge in [-0.25, -0.2) is 0 Å². The molecule has 2 atom stereocenters. The SMILES string of the molecule is CCCCCCCCCCCCCCCCCCCC/C=C/C(O)C(CO)NC(=O)CCCCCCCCC/C=C\CCCCCCCCCCOC(=O)CCCCCCCCCCCCCC. The highest BCUT2D eigenvalue weighted by Gasteiger charge is 2.18. The quantitative estimate of drug-likeness (QED) is 0.0321. The van der Waals surface area contributed by atoms with Crippen molar-refractivity contribution in [2.45, 2.75) is 347 Å². The molecular formula is C62H119NO5. The van der Waals surface area contributed by atoms with Crippen LogP contribution in [0, 0.1) is 0 Å². The zero-order valence-corrected chi connectivity index (χ0v) is 45.9. The van der Waals surface area contributed by atoms with Crippen LogP contribution in [-0.2, 0) is 14.3 Å². The molecule has 2 unspecified atom stereocenters. The van der Waals surface area contributed by atoms with Gasteiger partial charge in [-0.2, -0.15) is 0 Å². The minimum absolute atomic E-state index is 0.00425. The average Bonchev–Trinajstić information content (AvgIpc) is 3.34. The molecule has 0 aliphatic rings. The summed E-state index contributed by atoms with van der Waals surface area (Å²) in [4.78, 5) is 24.5. The van der Waals surface area contributed by atoms with Crippen LogP contribution in [0.5, 0.6) is 0 Å². The van der Waals surface area contributed by atoms with Crippen LogP contribution >= 0.6 is 0 Å². The Labute approximate surface area is 424 Å². The third-order valence-corrected chi connectivity index (χ3v) is 14.2. The van der Waals surface area contributed by atoms with Gasteiger partial charge in [-0.3, -0.25) is 9.59 Å². The summed E-state index contributed by atoms with van der Waals surface area (Å²) in [6.07, 6.45) is 70.7. The summed E-state index contributed by atoms with van der Waals surface area (Å²) in [5, 5.41) is 23.2. The number of nitrogens with one attached hydrogen (secondary N) is 1. The average molecular weight is 959 g/mol. The van der Waals surface area contributed by atoms with E-state index in [1.165, 1.54) is 257 Å². The van der Waals surface area contributed by atoms with Gasteiger partial charge in [-0.05, 0) is 57.8 Å². The fourth-order valence-corrected chi connectivity index (χ4v) is 9.51. The van der Waals surface area contributed by atoms with Crippen molar-refractivity contribution in [2.24, 2.45) is 0 Å². The summed E-state index contributed by atoms with van der Waals surface area (Å²) in [6, 6.07) is -0.635. The fourth-order valence-electron chi connectivity index (χ4n) is 9.51. The fraction of sp³-hybridized carbons (Fsp3) is 0.903. The number of rotatable bonds is 57. The third kappa shape index (κ3) is 53.7. The van der Waals surface area contributed by atoms with Gasteiger partial charge in [0.2, 0.25) is 5.91 Å². The number of amides is 1. The molecule has 0 aromatic heterocycles. The summed E-state index contributed by atoms with van der Waals surface area (Å²) in [7, 11) is 0. The van der Waals surface area contributed by atoms with Gasteiger partial charge < -0.3 is 20.3 Å². The number of allylic oxidation sites excluding steroid dienone is 3. The van der Waals surface area contributed by atoms with Crippen LogP contribution in [0.1, 0.15) is 335 Å². The van der Waals surface area contributed by atoms with Crippen molar-refractivity contribution >= 4 is 11.9 Å². The van der Waals surface area contributed by atoms with E-state index in [0.717, 1.165) is 51.4 Å². The second kappa shape index (κ2) is 57.9. The lowest BCUT2D eigenvalue weighted by Gasteiger charge is -2.20. The number of aliphatic hydroxyl groups is 2. The molecule has 0 spiro atoms. The topological polar surface area (TPSA) is 95.9 Å². The van der Waals surface area contributed by atoms with Crippen molar-refractivity contribution in [3.05, 3.63) is 24.3 Å². The van der Waals surface area contributed by atoms with Gasteiger partial charge >= 0.3 is 5.97 Å². The van der Waals surface area contributed by atoms with Crippen molar-refractivity contribution in [3.8, 4) is 0 Å². The predicted octanol–water partition coefficient (Wildman–Crippen LogP) is 19.0. The zero-order chi connectivity index (χ0) is 49.3. The predicted molar refractivity (Wildman–Crippen MR) is 296 cm³/mol. The second-order valence-corrected chi connectivity index (χ2v) is 21.0. The normalized spacial score (nSPS) is 12.7. The van der Waals surface area contributed by atoms with Crippen LogP contribution in [0.2, 0.25) is 0 Å². The number of hydrogen-bond donors (Lipinski definition) is 3. The van der Waals surface area contributed by atoms with E-state index in [2.05, 4.69) is 31.3 Å². The van der Waals surface area contributed by atoms with E-state index < -0.39 is 12.1 Å². The Kier molecular flexibility index (Phi) is 56.5. The van der Waals surface area contributed by atoms with Crippen LogP contribution in [0.15, 0.2) is 24.3 Å². The number of aliphatic hydroxyl groups excluding tert-OH is 2. The van der Waals surface area contributed by atoms with Gasteiger partial charge in [-0.1, -0.05) is 289 Å². The van der Waals surface area contributed by atoms with Crippen LogP contribution in [0.4, 0.5) is 0 Å². The van der Waals surface area contributed by atoms with E-state index in [-0.39, 0.29) is 18.5 Å². The molecule has 0 aliphatic carbocycles. The summed E-state index contributed by atoms with van der Waals surface area (Å²) in [6.45, 7) is 4.91. The summed E-state index contributed by atoms with van der Waals surface area (Å²) < 4.78 is 5.47. The lowest BCUT2D eigenvalue weighted by Crippen LogP contribution is -2.45. The number of carbonyl (C=O) groups is 2. The summed E-state index contributed by atoms with van der Waals surface area (Å²) in [5.41, 5.74) is 0. The number of unbranched alkanes of at least 4 members (excludes halogenated alkanes) is 44. The largest absolute Gasteiger partial charge is 0.466 e. The number of carbonyl (C=O) groups excluding carboxylic acids is 2. The molecule has 1 amide bonds. The summed E-state index contributed by atoms with van der Waals surface area (Å²) in [5.74, 6) is -0.0706. The van der Waals surface area contributed by atoms with Gasteiger partial charge in [0.1, 0.15) is 0 Å². The summed E-state index contributed by atoms with van der Waals surface area (Å²) >= 11 is 0. The highest BCUT2D eigenvalue weighted by molar-refractivity contribution is 5.76. The molecule has 0 saturated heterocycles. The highest BCUT2D eigenvalue weighted by atomic mass is 16.5. The maximum Gasteiger partial charge on any atom is 0.305 e. The van der Waals surface area contributed by atoms with E-state index in [1.807, 2.05) is 6.08 Å². The molecular weight excluding hydrogens is 839 g/mol. The molecule has 0 radical (unpaired) electrons. The zero-order valence-electron chi connectivity index (χ0n) is 45.9. The van der Waals surface area contributed by atoms with Gasteiger partial charge in [-0.15, -0.1) is 0 Å². The molecule has 0 heterocycles. The monoisotopic (exact) mass is 958 g/mol. The van der Waals surface area contributed by atoms with E-state index >= 15 is 0 Å². The van der Waals surface area contributed by atoms with Crippen molar-refractivity contribution in [3.63, 3.8) is 0 Å². The van der Waals surface area contributed by atoms with E-state index in [1.54, 1.807) is 6.08 Å². The Morgan fingerprint density at radius 1 is 0.397 bits per heavy atom. The molecule has 0 aromatic carbocycles. The molecule has 0 bridgehead atoms. The molecule has 68 heavy (non-hydrogen) atoms. The number of hydrogen-bond acceptors (Lipinski definition) is 5. The highest BCUT2D eigenvalue weighted by Crippen LogP contribution is 2.17. The van der Waals surface area contributed by atoms with Crippen LogP contribution in [-0.4, -0.2) is 47.4 Å². The minimum Gasteiger partial charge on any atom is -0.466 e. The van der Waals surface area contributed by atoms with Crippen LogP contribution < -0.4 is 5.32 Å². The molecule has 0 aliphatic heterocycles. The van der Waals surface area contributed by atoms with Gasteiger partial charge in [0.25, 0.3) is 0 Å². The first-order valence-corrected chi connectivity index (χ1v) is 30.6. The molecule has 0 fully saturated rings. The Morgan fingerprint density at radius 3 is 1.04 bits per heavy atom. The smallest absolute Gasteiger partial charge is 0.305 e. The van der Waals surface area contributed by atoms with Crippen molar-refractivity contribution in [2.75, 3.05) is 13.2 Å². The van der Waals surface area contributed by atoms with Crippen molar-refractivity contribution < 1.29 is 24.5 Å². The molecule has 3 N–H and O–H groups in total.